The third kappa shape index (κ3) is 6.88. The zero-order valence-electron chi connectivity index (χ0n) is 17.7. The Morgan fingerprint density at radius 1 is 1.28 bits per heavy atom. The van der Waals surface area contributed by atoms with Crippen LogP contribution in [0.2, 0.25) is 0 Å². The largest absolute Gasteiger partial charge is 0.469 e. The number of rotatable bonds is 9. The number of aryl methyl sites for hydroxylation is 1. The van der Waals surface area contributed by atoms with E-state index in [0.717, 1.165) is 38.9 Å². The zero-order chi connectivity index (χ0) is 21.1. The first-order valence-electron chi connectivity index (χ1n) is 10.8. The molecule has 0 saturated heterocycles. The Balaban J connectivity index is 1.53. The van der Waals surface area contributed by atoms with E-state index in [4.69, 9.17) is 20.3 Å². The van der Waals surface area contributed by atoms with E-state index < -0.39 is 13.4 Å². The third-order valence-electron chi connectivity index (χ3n) is 6.39. The van der Waals surface area contributed by atoms with Gasteiger partial charge < -0.3 is 20.3 Å². The minimum absolute atomic E-state index is 0.1000. The summed E-state index contributed by atoms with van der Waals surface area (Å²) in [7, 11) is -4.48. The molecule has 0 unspecified atom stereocenters. The molecule has 1 fully saturated rings. The van der Waals surface area contributed by atoms with E-state index in [0.29, 0.717) is 30.6 Å². The molecular weight excluding hydrogens is 389 g/mol. The fourth-order valence-corrected chi connectivity index (χ4v) is 5.03. The second kappa shape index (κ2) is 9.59. The summed E-state index contributed by atoms with van der Waals surface area (Å²) in [6.07, 6.45) is 6.78. The van der Waals surface area contributed by atoms with Crippen molar-refractivity contribution >= 4 is 7.82 Å². The summed E-state index contributed by atoms with van der Waals surface area (Å²) in [5.74, 6) is 1.61. The average Bonchev–Trinajstić information content (AvgIpc) is 3.05. The Morgan fingerprint density at radius 3 is 2.79 bits per heavy atom. The number of hydrogen-bond donors (Lipinski definition) is 3. The number of phosphoric acid groups is 1. The number of fused-ring (bicyclic) bond motifs is 1. The van der Waals surface area contributed by atoms with Crippen LogP contribution in [0.4, 0.5) is 0 Å². The number of hydrogen-bond acceptors (Lipinski definition) is 4. The Kier molecular flexibility index (Phi) is 7.58. The quantitative estimate of drug-likeness (QED) is 0.409. The van der Waals surface area contributed by atoms with Crippen LogP contribution in [0, 0.1) is 11.8 Å². The highest BCUT2D eigenvalue weighted by molar-refractivity contribution is 7.46. The maximum absolute atomic E-state index is 11.0. The van der Waals surface area contributed by atoms with E-state index in [1.54, 1.807) is 0 Å². The molecule has 7 heteroatoms. The molecule has 3 atom stereocenters. The van der Waals surface area contributed by atoms with Crippen LogP contribution in [-0.2, 0) is 26.7 Å². The topological polar surface area (TPSA) is 102 Å². The van der Waals surface area contributed by atoms with Crippen LogP contribution in [-0.4, -0.2) is 35.1 Å². The van der Waals surface area contributed by atoms with Gasteiger partial charge in [0.25, 0.3) is 0 Å². The third-order valence-corrected chi connectivity index (χ3v) is 6.85. The van der Waals surface area contributed by atoms with Gasteiger partial charge in [-0.2, -0.15) is 0 Å². The first-order chi connectivity index (χ1) is 13.6. The van der Waals surface area contributed by atoms with Crippen LogP contribution in [0.1, 0.15) is 68.6 Å². The van der Waals surface area contributed by atoms with Gasteiger partial charge in [-0.05, 0) is 79.4 Å². The van der Waals surface area contributed by atoms with Crippen molar-refractivity contribution in [1.29, 1.82) is 0 Å². The summed E-state index contributed by atoms with van der Waals surface area (Å²) in [4.78, 5) is 17.9. The lowest BCUT2D eigenvalue weighted by atomic mass is 9.82. The van der Waals surface area contributed by atoms with Gasteiger partial charge in [0.05, 0.1) is 6.61 Å². The lowest BCUT2D eigenvalue weighted by molar-refractivity contribution is 0.0865. The van der Waals surface area contributed by atoms with Crippen molar-refractivity contribution in [2.24, 2.45) is 17.6 Å². The lowest BCUT2D eigenvalue weighted by Crippen LogP contribution is -2.41. The number of benzene rings is 1. The smallest absolute Gasteiger partial charge is 0.381 e. The summed E-state index contributed by atoms with van der Waals surface area (Å²) in [5.41, 5.74) is 9.83. The molecular formula is C22H36NO5P. The van der Waals surface area contributed by atoms with E-state index in [1.165, 1.54) is 23.1 Å². The molecule has 4 N–H and O–H groups in total. The molecule has 29 heavy (non-hydrogen) atoms. The summed E-state index contributed by atoms with van der Waals surface area (Å²) in [6.45, 7) is 6.06. The van der Waals surface area contributed by atoms with Crippen LogP contribution >= 0.6 is 7.82 Å². The highest BCUT2D eigenvalue weighted by Crippen LogP contribution is 2.44. The van der Waals surface area contributed by atoms with Gasteiger partial charge in [-0.25, -0.2) is 4.57 Å². The van der Waals surface area contributed by atoms with Crippen LogP contribution in [0.3, 0.4) is 0 Å². The number of phosphoric ester groups is 1. The second-order valence-electron chi connectivity index (χ2n) is 9.46. The predicted molar refractivity (Wildman–Crippen MR) is 114 cm³/mol. The molecule has 0 aromatic heterocycles. The molecule has 164 valence electrons. The lowest BCUT2D eigenvalue weighted by Gasteiger charge is -2.26. The van der Waals surface area contributed by atoms with Crippen LogP contribution in [0.5, 0.6) is 0 Å². The molecule has 0 spiro atoms. The van der Waals surface area contributed by atoms with Gasteiger partial charge in [0.1, 0.15) is 0 Å². The molecule has 0 radical (unpaired) electrons. The number of nitrogens with two attached hydrogens (primary N) is 1. The molecule has 1 aromatic rings. The Morgan fingerprint density at radius 2 is 2.07 bits per heavy atom. The molecule has 0 heterocycles. The van der Waals surface area contributed by atoms with Crippen LogP contribution < -0.4 is 5.73 Å². The average molecular weight is 426 g/mol. The summed E-state index contributed by atoms with van der Waals surface area (Å²) < 4.78 is 21.6. The standard InChI is InChI=1S/C22H36NO5P/c1-16(2)8-10-27-14-17-3-4-19-12-20(6-5-18(19)11-17)21-7-9-22(23,13-21)15-28-29(24,25)26/h5-6,12,16-17,21H,3-4,7-11,13-15,23H2,1-2H3,(H2,24,25,26)/t17-,21+,22-/m1/s1. The fraction of sp³-hybridized carbons (Fsp3) is 0.727. The monoisotopic (exact) mass is 425 g/mol. The van der Waals surface area contributed by atoms with E-state index >= 15 is 0 Å². The highest BCUT2D eigenvalue weighted by atomic mass is 31.2. The molecule has 0 bridgehead atoms. The van der Waals surface area contributed by atoms with Gasteiger partial charge in [-0.15, -0.1) is 0 Å². The van der Waals surface area contributed by atoms with Crippen molar-refractivity contribution in [3.8, 4) is 0 Å². The molecule has 0 amide bonds. The zero-order valence-corrected chi connectivity index (χ0v) is 18.6. The molecule has 1 aromatic carbocycles. The Bertz CT molecular complexity index is 734. The van der Waals surface area contributed by atoms with Gasteiger partial charge in [0, 0.05) is 18.8 Å². The molecule has 2 aliphatic carbocycles. The van der Waals surface area contributed by atoms with E-state index in [9.17, 15) is 4.57 Å². The Hall–Kier alpha value is -0.750. The van der Waals surface area contributed by atoms with Gasteiger partial charge in [0.2, 0.25) is 0 Å². The van der Waals surface area contributed by atoms with Gasteiger partial charge >= 0.3 is 7.82 Å². The minimum atomic E-state index is -4.48. The summed E-state index contributed by atoms with van der Waals surface area (Å²) in [5, 5.41) is 0. The van der Waals surface area contributed by atoms with E-state index in [1.807, 2.05) is 0 Å². The van der Waals surface area contributed by atoms with Crippen LogP contribution in [0.15, 0.2) is 18.2 Å². The van der Waals surface area contributed by atoms with Gasteiger partial charge in [0.15, 0.2) is 0 Å². The van der Waals surface area contributed by atoms with Crippen molar-refractivity contribution < 1.29 is 23.6 Å². The molecule has 0 aliphatic heterocycles. The second-order valence-corrected chi connectivity index (χ2v) is 10.7. The minimum Gasteiger partial charge on any atom is -0.381 e. The fourth-order valence-electron chi connectivity index (χ4n) is 4.60. The molecule has 1 saturated carbocycles. The molecule has 6 nitrogen and oxygen atoms in total. The maximum atomic E-state index is 11.0. The SMILES string of the molecule is CC(C)CCOC[C@@H]1CCc2cc([C@H]3CC[C@](N)(COP(=O)(O)O)C3)ccc2C1. The van der Waals surface area contributed by atoms with Crippen molar-refractivity contribution in [1.82, 2.24) is 0 Å². The molecule has 2 aliphatic rings. The first kappa shape index (κ1) is 22.9. The first-order valence-corrected chi connectivity index (χ1v) is 12.3. The van der Waals surface area contributed by atoms with Gasteiger partial charge in [-0.3, -0.25) is 4.52 Å². The number of ether oxygens (including phenoxy) is 1. The summed E-state index contributed by atoms with van der Waals surface area (Å²) >= 11 is 0. The summed E-state index contributed by atoms with van der Waals surface area (Å²) in [6, 6.07) is 6.79. The molecule has 3 rings (SSSR count). The van der Waals surface area contributed by atoms with Gasteiger partial charge in [-0.1, -0.05) is 32.0 Å². The van der Waals surface area contributed by atoms with Crippen molar-refractivity contribution in [2.75, 3.05) is 19.8 Å². The van der Waals surface area contributed by atoms with Crippen LogP contribution in [0.25, 0.3) is 0 Å². The van der Waals surface area contributed by atoms with Crippen molar-refractivity contribution in [3.05, 3.63) is 34.9 Å². The predicted octanol–water partition coefficient (Wildman–Crippen LogP) is 3.93. The van der Waals surface area contributed by atoms with Crippen molar-refractivity contribution in [2.45, 2.75) is 70.3 Å². The normalized spacial score (nSPS) is 27.4. The maximum Gasteiger partial charge on any atom is 0.469 e. The van der Waals surface area contributed by atoms with E-state index in [-0.39, 0.29) is 6.61 Å². The highest BCUT2D eigenvalue weighted by Gasteiger charge is 2.38. The van der Waals surface area contributed by atoms with E-state index in [2.05, 4.69) is 36.6 Å². The Labute approximate surface area is 174 Å². The van der Waals surface area contributed by atoms with Crippen molar-refractivity contribution in [3.63, 3.8) is 0 Å².